The predicted molar refractivity (Wildman–Crippen MR) is 84.4 cm³/mol. The summed E-state index contributed by atoms with van der Waals surface area (Å²) in [4.78, 5) is 26.9. The Bertz CT molecular complexity index is 984. The summed E-state index contributed by atoms with van der Waals surface area (Å²) >= 11 is 5.91. The van der Waals surface area contributed by atoms with Crippen molar-refractivity contribution >= 4 is 22.9 Å². The van der Waals surface area contributed by atoms with Gasteiger partial charge in [-0.15, -0.1) is 0 Å². The maximum absolute atomic E-state index is 12.3. The van der Waals surface area contributed by atoms with E-state index < -0.39 is 16.2 Å². The smallest absolute Gasteiger partial charge is 0.396 e. The summed E-state index contributed by atoms with van der Waals surface area (Å²) in [6.45, 7) is 1.76. The maximum atomic E-state index is 12.3. The lowest BCUT2D eigenvalue weighted by atomic mass is 10.2. The van der Waals surface area contributed by atoms with Crippen LogP contribution in [0.3, 0.4) is 0 Å². The van der Waals surface area contributed by atoms with E-state index in [1.165, 1.54) is 12.3 Å². The number of rotatable bonds is 3. The molecule has 0 aliphatic carbocycles. The first-order valence-corrected chi connectivity index (χ1v) is 6.95. The number of nitro groups is 1. The second-order valence-electron chi connectivity index (χ2n) is 4.77. The normalized spacial score (nSPS) is 10.7. The zero-order chi connectivity index (χ0) is 16.6. The van der Waals surface area contributed by atoms with Crippen molar-refractivity contribution in [1.82, 2.24) is 9.38 Å². The lowest BCUT2D eigenvalue weighted by Crippen LogP contribution is -2.19. The molecule has 8 heteroatoms. The average Bonchev–Trinajstić information content (AvgIpc) is 2.51. The fourth-order valence-electron chi connectivity index (χ4n) is 2.07. The van der Waals surface area contributed by atoms with Crippen molar-refractivity contribution in [2.45, 2.75) is 6.92 Å². The van der Waals surface area contributed by atoms with Gasteiger partial charge in [0.1, 0.15) is 11.4 Å². The maximum Gasteiger partial charge on any atom is 0.396 e. The van der Waals surface area contributed by atoms with E-state index in [1.54, 1.807) is 37.3 Å². The van der Waals surface area contributed by atoms with Gasteiger partial charge in [0.15, 0.2) is 0 Å². The minimum absolute atomic E-state index is 0.248. The zero-order valence-corrected chi connectivity index (χ0v) is 12.6. The number of ether oxygens (including phenoxy) is 1. The molecule has 0 spiro atoms. The molecular formula is C15H10ClN3O4. The van der Waals surface area contributed by atoms with Gasteiger partial charge in [-0.1, -0.05) is 23.7 Å². The molecule has 1 aromatic carbocycles. The van der Waals surface area contributed by atoms with Gasteiger partial charge in [0.25, 0.3) is 0 Å². The molecule has 116 valence electrons. The number of aromatic nitrogens is 2. The number of nitrogens with zero attached hydrogens (tertiary/aromatic N) is 3. The minimum Gasteiger partial charge on any atom is -0.433 e. The summed E-state index contributed by atoms with van der Waals surface area (Å²) in [5, 5.41) is 11.7. The first-order valence-electron chi connectivity index (χ1n) is 6.57. The molecule has 0 N–H and O–H groups in total. The van der Waals surface area contributed by atoms with Gasteiger partial charge in [0.05, 0.1) is 4.92 Å². The topological polar surface area (TPSA) is 86.7 Å². The van der Waals surface area contributed by atoms with Crippen molar-refractivity contribution in [3.05, 3.63) is 73.6 Å². The van der Waals surface area contributed by atoms with E-state index in [4.69, 9.17) is 16.3 Å². The van der Waals surface area contributed by atoms with Gasteiger partial charge in [-0.25, -0.2) is 0 Å². The number of hydrogen-bond acceptors (Lipinski definition) is 5. The number of aryl methyl sites for hydroxylation is 1. The highest BCUT2D eigenvalue weighted by Crippen LogP contribution is 2.30. The zero-order valence-electron chi connectivity index (χ0n) is 11.9. The van der Waals surface area contributed by atoms with Crippen molar-refractivity contribution in [2.24, 2.45) is 0 Å². The standard InChI is InChI=1S/C15H10ClN3O4/c1-9-5-6-10(16)8-11(9)23-14-13(19(21)22)15(20)18-7-3-2-4-12(18)17-14/h2-8H,1H3. The summed E-state index contributed by atoms with van der Waals surface area (Å²) in [6, 6.07) is 9.69. The molecule has 0 aliphatic heterocycles. The molecule has 0 fully saturated rings. The van der Waals surface area contributed by atoms with Crippen LogP contribution in [0, 0.1) is 17.0 Å². The Labute approximate surface area is 134 Å². The molecule has 0 saturated carbocycles. The first-order chi connectivity index (χ1) is 11.0. The van der Waals surface area contributed by atoms with Crippen molar-refractivity contribution in [2.75, 3.05) is 0 Å². The Hall–Kier alpha value is -2.93. The molecule has 23 heavy (non-hydrogen) atoms. The van der Waals surface area contributed by atoms with Crippen LogP contribution in [0.5, 0.6) is 11.6 Å². The third-order valence-corrected chi connectivity index (χ3v) is 3.45. The van der Waals surface area contributed by atoms with E-state index in [-0.39, 0.29) is 11.5 Å². The molecular weight excluding hydrogens is 322 g/mol. The fraction of sp³-hybridized carbons (Fsp3) is 0.0667. The Morgan fingerprint density at radius 3 is 2.83 bits per heavy atom. The van der Waals surface area contributed by atoms with Crippen LogP contribution in [0.2, 0.25) is 5.02 Å². The van der Waals surface area contributed by atoms with Gasteiger partial charge in [-0.2, -0.15) is 4.98 Å². The Kier molecular flexibility index (Phi) is 3.71. The van der Waals surface area contributed by atoms with Gasteiger partial charge in [-0.3, -0.25) is 19.3 Å². The lowest BCUT2D eigenvalue weighted by molar-refractivity contribution is -0.387. The molecule has 3 rings (SSSR count). The van der Waals surface area contributed by atoms with E-state index in [0.717, 1.165) is 4.40 Å². The predicted octanol–water partition coefficient (Wildman–Crippen LogP) is 3.36. The number of benzene rings is 1. The fourth-order valence-corrected chi connectivity index (χ4v) is 2.24. The summed E-state index contributed by atoms with van der Waals surface area (Å²) in [5.74, 6) is -0.0654. The highest BCUT2D eigenvalue weighted by atomic mass is 35.5. The van der Waals surface area contributed by atoms with E-state index >= 15 is 0 Å². The van der Waals surface area contributed by atoms with Crippen molar-refractivity contribution < 1.29 is 9.66 Å². The molecule has 7 nitrogen and oxygen atoms in total. The van der Waals surface area contributed by atoms with Crippen LogP contribution >= 0.6 is 11.6 Å². The summed E-state index contributed by atoms with van der Waals surface area (Å²) < 4.78 is 6.61. The average molecular weight is 332 g/mol. The van der Waals surface area contributed by atoms with Gasteiger partial charge in [0.2, 0.25) is 0 Å². The van der Waals surface area contributed by atoms with Crippen molar-refractivity contribution in [3.63, 3.8) is 0 Å². The van der Waals surface area contributed by atoms with Crippen LogP contribution in [-0.2, 0) is 0 Å². The Morgan fingerprint density at radius 1 is 1.30 bits per heavy atom. The van der Waals surface area contributed by atoms with Crippen molar-refractivity contribution in [3.8, 4) is 11.6 Å². The number of pyridine rings is 1. The second kappa shape index (κ2) is 5.69. The molecule has 0 atom stereocenters. The Morgan fingerprint density at radius 2 is 2.09 bits per heavy atom. The SMILES string of the molecule is Cc1ccc(Cl)cc1Oc1nc2ccccn2c(=O)c1[N+](=O)[O-]. The highest BCUT2D eigenvalue weighted by Gasteiger charge is 2.26. The van der Waals surface area contributed by atoms with Crippen LogP contribution in [0.15, 0.2) is 47.4 Å². The first kappa shape index (κ1) is 15.0. The molecule has 0 amide bonds. The minimum atomic E-state index is -0.810. The molecule has 2 heterocycles. The van der Waals surface area contributed by atoms with E-state index in [1.807, 2.05) is 0 Å². The van der Waals surface area contributed by atoms with Crippen molar-refractivity contribution in [1.29, 1.82) is 0 Å². The van der Waals surface area contributed by atoms with Gasteiger partial charge < -0.3 is 4.74 Å². The van der Waals surface area contributed by atoms with Gasteiger partial charge in [0, 0.05) is 11.2 Å². The summed E-state index contributed by atoms with van der Waals surface area (Å²) in [6.07, 6.45) is 1.41. The third-order valence-electron chi connectivity index (χ3n) is 3.22. The van der Waals surface area contributed by atoms with Crippen LogP contribution in [0.1, 0.15) is 5.56 Å². The van der Waals surface area contributed by atoms with Crippen LogP contribution in [0.25, 0.3) is 5.65 Å². The number of halogens is 1. The van der Waals surface area contributed by atoms with Crippen LogP contribution < -0.4 is 10.3 Å². The van der Waals surface area contributed by atoms with E-state index in [9.17, 15) is 14.9 Å². The second-order valence-corrected chi connectivity index (χ2v) is 5.20. The highest BCUT2D eigenvalue weighted by molar-refractivity contribution is 6.30. The summed E-state index contributed by atoms with van der Waals surface area (Å²) in [7, 11) is 0. The van der Waals surface area contributed by atoms with E-state index in [0.29, 0.717) is 16.3 Å². The van der Waals surface area contributed by atoms with Gasteiger partial charge in [-0.05, 0) is 36.8 Å². The molecule has 0 radical (unpaired) electrons. The number of hydrogen-bond donors (Lipinski definition) is 0. The largest absolute Gasteiger partial charge is 0.433 e. The lowest BCUT2D eigenvalue weighted by Gasteiger charge is -2.09. The molecule has 0 saturated heterocycles. The van der Waals surface area contributed by atoms with Crippen LogP contribution in [0.4, 0.5) is 5.69 Å². The molecule has 0 unspecified atom stereocenters. The Balaban J connectivity index is 2.24. The monoisotopic (exact) mass is 331 g/mol. The molecule has 3 aromatic rings. The molecule has 0 bridgehead atoms. The number of fused-ring (bicyclic) bond motifs is 1. The summed E-state index contributed by atoms with van der Waals surface area (Å²) in [5.41, 5.74) is -0.583. The molecule has 0 aliphatic rings. The van der Waals surface area contributed by atoms with E-state index in [2.05, 4.69) is 4.98 Å². The van der Waals surface area contributed by atoms with Crippen LogP contribution in [-0.4, -0.2) is 14.3 Å². The molecule has 2 aromatic heterocycles. The van der Waals surface area contributed by atoms with Gasteiger partial charge >= 0.3 is 17.1 Å². The third kappa shape index (κ3) is 2.74. The quantitative estimate of drug-likeness (QED) is 0.542.